The van der Waals surface area contributed by atoms with E-state index in [4.69, 9.17) is 24.8 Å². The van der Waals surface area contributed by atoms with E-state index in [0.717, 1.165) is 70.6 Å². The lowest BCUT2D eigenvalue weighted by molar-refractivity contribution is -0.154. The van der Waals surface area contributed by atoms with Gasteiger partial charge in [-0.3, -0.25) is 18.6 Å². The number of esters is 1. The monoisotopic (exact) mass is 780 g/mol. The maximum atomic E-state index is 12.6. The summed E-state index contributed by atoms with van der Waals surface area (Å²) in [6.07, 6.45) is 46.7. The Labute approximate surface area is 327 Å². The van der Waals surface area contributed by atoms with Crippen LogP contribution in [0.3, 0.4) is 0 Å². The Balaban J connectivity index is 4.36. The fraction of sp³-hybridized carbons (Fsp3) is 0.674. The van der Waals surface area contributed by atoms with E-state index >= 15 is 0 Å². The number of phosphoric ester groups is 1. The van der Waals surface area contributed by atoms with Gasteiger partial charge in [0.05, 0.1) is 19.8 Å². The van der Waals surface area contributed by atoms with Gasteiger partial charge in [-0.25, -0.2) is 4.57 Å². The van der Waals surface area contributed by atoms with E-state index in [9.17, 15) is 19.0 Å². The summed E-state index contributed by atoms with van der Waals surface area (Å²) in [4.78, 5) is 33.4. The van der Waals surface area contributed by atoms with Gasteiger partial charge in [0.1, 0.15) is 12.1 Å². The topological polar surface area (TPSA) is 155 Å². The summed E-state index contributed by atoms with van der Waals surface area (Å²) in [5.41, 5.74) is 5.34. The molecule has 0 saturated carbocycles. The summed E-state index contributed by atoms with van der Waals surface area (Å²) in [6, 6.07) is -1.48. The number of aliphatic carboxylic acids is 1. The Morgan fingerprint density at radius 3 is 1.57 bits per heavy atom. The molecule has 0 radical (unpaired) electrons. The van der Waals surface area contributed by atoms with Crippen molar-refractivity contribution < 1.29 is 42.7 Å². The lowest BCUT2D eigenvalue weighted by Crippen LogP contribution is -2.34. The third kappa shape index (κ3) is 37.7. The number of hydrogen-bond donors (Lipinski definition) is 3. The molecule has 11 heteroatoms. The van der Waals surface area contributed by atoms with Crippen LogP contribution < -0.4 is 5.73 Å². The molecule has 0 aromatic carbocycles. The molecule has 0 aliphatic heterocycles. The Morgan fingerprint density at radius 1 is 0.611 bits per heavy atom. The fourth-order valence-electron chi connectivity index (χ4n) is 5.08. The van der Waals surface area contributed by atoms with Crippen LogP contribution in [0.4, 0.5) is 0 Å². The van der Waals surface area contributed by atoms with Crippen molar-refractivity contribution in [1.29, 1.82) is 0 Å². The van der Waals surface area contributed by atoms with E-state index in [-0.39, 0.29) is 13.0 Å². The van der Waals surface area contributed by atoms with E-state index in [1.807, 2.05) is 0 Å². The van der Waals surface area contributed by atoms with Gasteiger partial charge in [-0.15, -0.1) is 0 Å². The maximum absolute atomic E-state index is 12.6. The number of phosphoric acid groups is 1. The number of nitrogens with two attached hydrogens (primary N) is 1. The second-order valence-corrected chi connectivity index (χ2v) is 14.8. The van der Waals surface area contributed by atoms with Crippen molar-refractivity contribution in [2.24, 2.45) is 5.73 Å². The van der Waals surface area contributed by atoms with Crippen LogP contribution in [0.25, 0.3) is 0 Å². The van der Waals surface area contributed by atoms with Crippen LogP contribution in [-0.2, 0) is 32.7 Å². The van der Waals surface area contributed by atoms with Crippen molar-refractivity contribution in [3.63, 3.8) is 0 Å². The molecular weight excluding hydrogens is 705 g/mol. The highest BCUT2D eigenvalue weighted by molar-refractivity contribution is 7.47. The summed E-state index contributed by atoms with van der Waals surface area (Å²) in [5.74, 6) is -1.83. The molecule has 0 rings (SSSR count). The number of unbranched alkanes of at least 4 members (excludes halogenated alkanes) is 12. The summed E-state index contributed by atoms with van der Waals surface area (Å²) >= 11 is 0. The van der Waals surface area contributed by atoms with Crippen LogP contribution >= 0.6 is 7.82 Å². The van der Waals surface area contributed by atoms with Gasteiger partial charge in [-0.2, -0.15) is 0 Å². The molecule has 0 heterocycles. The van der Waals surface area contributed by atoms with Gasteiger partial charge in [0, 0.05) is 13.0 Å². The first-order valence-corrected chi connectivity index (χ1v) is 22.0. The Bertz CT molecular complexity index is 1130. The molecule has 0 aliphatic rings. The molecule has 0 aromatic rings. The van der Waals surface area contributed by atoms with Crippen molar-refractivity contribution >= 4 is 19.8 Å². The zero-order chi connectivity index (χ0) is 39.8. The van der Waals surface area contributed by atoms with Crippen molar-refractivity contribution in [1.82, 2.24) is 0 Å². The van der Waals surface area contributed by atoms with Gasteiger partial charge >= 0.3 is 19.8 Å². The van der Waals surface area contributed by atoms with Crippen molar-refractivity contribution in [2.75, 3.05) is 26.4 Å². The molecule has 0 amide bonds. The van der Waals surface area contributed by atoms with Crippen LogP contribution in [0.1, 0.15) is 149 Å². The van der Waals surface area contributed by atoms with Crippen LogP contribution in [0.5, 0.6) is 0 Å². The average Bonchev–Trinajstić information content (AvgIpc) is 3.15. The van der Waals surface area contributed by atoms with Gasteiger partial charge in [-0.1, -0.05) is 151 Å². The standard InChI is InChI=1S/C43H74NO9P/c1-3-5-7-9-11-13-15-16-17-18-19-20-21-22-23-24-25-27-29-31-33-35-42(45)53-40(38-51-54(48,49)52-39-41(44)43(46)47)37-50-36-34-32-30-28-26-14-12-10-8-6-4-2/h5,7,11,13,16-17,19-20,22-23,25,27,40-41H,3-4,6,8-10,12,14-15,18,21,24,26,28-39,44H2,1-2H3,(H,46,47)(H,48,49)/b7-5-,13-11-,17-16-,20-19-,23-22-,27-25-. The minimum Gasteiger partial charge on any atom is -0.480 e. The zero-order valence-electron chi connectivity index (χ0n) is 33.5. The van der Waals surface area contributed by atoms with E-state index in [0.29, 0.717) is 13.0 Å². The lowest BCUT2D eigenvalue weighted by Gasteiger charge is -2.20. The number of carboxylic acid groups (broad SMARTS) is 1. The summed E-state index contributed by atoms with van der Waals surface area (Å²) in [7, 11) is -4.63. The molecular formula is C43H74NO9P. The van der Waals surface area contributed by atoms with E-state index in [1.54, 1.807) is 0 Å². The lowest BCUT2D eigenvalue weighted by atomic mass is 10.1. The summed E-state index contributed by atoms with van der Waals surface area (Å²) in [5, 5.41) is 8.87. The highest BCUT2D eigenvalue weighted by atomic mass is 31.2. The molecule has 3 unspecified atom stereocenters. The van der Waals surface area contributed by atoms with Crippen LogP contribution in [0, 0.1) is 0 Å². The molecule has 10 nitrogen and oxygen atoms in total. The smallest absolute Gasteiger partial charge is 0.472 e. The van der Waals surface area contributed by atoms with Gasteiger partial charge < -0.3 is 25.2 Å². The molecule has 0 fully saturated rings. The number of hydrogen-bond acceptors (Lipinski definition) is 8. The quantitative estimate of drug-likeness (QED) is 0.0239. The highest BCUT2D eigenvalue weighted by Crippen LogP contribution is 2.43. The predicted molar refractivity (Wildman–Crippen MR) is 221 cm³/mol. The Hall–Kier alpha value is -2.59. The first-order valence-electron chi connectivity index (χ1n) is 20.5. The van der Waals surface area contributed by atoms with Gasteiger partial charge in [0.2, 0.25) is 0 Å². The largest absolute Gasteiger partial charge is 0.480 e. The third-order valence-corrected chi connectivity index (χ3v) is 9.20. The van der Waals surface area contributed by atoms with Crippen molar-refractivity contribution in [2.45, 2.75) is 161 Å². The Kier molecular flexibility index (Phi) is 36.8. The Morgan fingerprint density at radius 2 is 1.07 bits per heavy atom. The van der Waals surface area contributed by atoms with Crippen molar-refractivity contribution in [3.8, 4) is 0 Å². The molecule has 3 atom stereocenters. The van der Waals surface area contributed by atoms with E-state index in [1.165, 1.54) is 51.4 Å². The predicted octanol–water partition coefficient (Wildman–Crippen LogP) is 11.0. The van der Waals surface area contributed by atoms with Gasteiger partial charge in [0.15, 0.2) is 0 Å². The second kappa shape index (κ2) is 38.7. The van der Waals surface area contributed by atoms with Crippen LogP contribution in [0.15, 0.2) is 72.9 Å². The highest BCUT2D eigenvalue weighted by Gasteiger charge is 2.27. The summed E-state index contributed by atoms with van der Waals surface area (Å²) in [6.45, 7) is 3.68. The number of carbonyl (C=O) groups excluding carboxylic acids is 1. The number of allylic oxidation sites excluding steroid dienone is 12. The second-order valence-electron chi connectivity index (χ2n) is 13.4. The normalized spacial score (nSPS) is 14.7. The number of carbonyl (C=O) groups is 2. The third-order valence-electron chi connectivity index (χ3n) is 8.25. The number of carboxylic acids is 1. The molecule has 0 saturated heterocycles. The van der Waals surface area contributed by atoms with Crippen LogP contribution in [0.2, 0.25) is 0 Å². The maximum Gasteiger partial charge on any atom is 0.472 e. The molecule has 0 aromatic heterocycles. The van der Waals surface area contributed by atoms with E-state index < -0.39 is 45.1 Å². The zero-order valence-corrected chi connectivity index (χ0v) is 34.4. The number of rotatable bonds is 38. The SMILES string of the molecule is CC/C=C\C/C=C\C/C=C\C/C=C\C/C=C\C/C=C\CCCCC(=O)OC(COCCCCCCCCCCCCC)COP(=O)(O)OCC(N)C(=O)O. The molecule has 0 spiro atoms. The average molecular weight is 780 g/mol. The minimum absolute atomic E-state index is 0.00330. The summed E-state index contributed by atoms with van der Waals surface area (Å²) < 4.78 is 33.2. The van der Waals surface area contributed by atoms with Crippen molar-refractivity contribution in [3.05, 3.63) is 72.9 Å². The molecule has 4 N–H and O–H groups in total. The molecule has 0 bridgehead atoms. The van der Waals surface area contributed by atoms with Crippen LogP contribution in [-0.4, -0.2) is 60.5 Å². The molecule has 310 valence electrons. The first-order chi connectivity index (χ1) is 26.2. The number of ether oxygens (including phenoxy) is 2. The van der Waals surface area contributed by atoms with E-state index in [2.05, 4.69) is 91.3 Å². The van der Waals surface area contributed by atoms with Gasteiger partial charge in [0.25, 0.3) is 0 Å². The first kappa shape index (κ1) is 51.4. The van der Waals surface area contributed by atoms with Gasteiger partial charge in [-0.05, 0) is 64.2 Å². The molecule has 54 heavy (non-hydrogen) atoms. The molecule has 0 aliphatic carbocycles. The fourth-order valence-corrected chi connectivity index (χ4v) is 5.85. The minimum atomic E-state index is -4.63.